The lowest BCUT2D eigenvalue weighted by atomic mass is 10.2. The summed E-state index contributed by atoms with van der Waals surface area (Å²) in [4.78, 5) is 21.3. The molecule has 86 valence electrons. The monoisotopic (exact) mass is 218 g/mol. The van der Waals surface area contributed by atoms with Crippen LogP contribution in [0.1, 0.15) is 20.3 Å². The molecule has 6 heteroatoms. The molecule has 0 radical (unpaired) electrons. The number of rotatable bonds is 3. The highest BCUT2D eigenvalue weighted by atomic mass is 16.7. The molecule has 0 aromatic rings. The van der Waals surface area contributed by atoms with E-state index in [4.69, 9.17) is 14.2 Å². The predicted octanol–water partition coefficient (Wildman–Crippen LogP) is -0.412. The van der Waals surface area contributed by atoms with E-state index >= 15 is 0 Å². The molecule has 1 N–H and O–H groups in total. The van der Waals surface area contributed by atoms with Gasteiger partial charge in [-0.1, -0.05) is 0 Å². The Kier molecular flexibility index (Phi) is 4.05. The Bertz CT molecular complexity index is 251. The number of hydrogen-bond donors (Lipinski definition) is 1. The maximum atomic E-state index is 10.7. The smallest absolute Gasteiger partial charge is 0.303 e. The maximum Gasteiger partial charge on any atom is 0.303 e. The number of aliphatic hydroxyl groups excluding tert-OH is 1. The summed E-state index contributed by atoms with van der Waals surface area (Å²) in [5.74, 6) is -0.896. The van der Waals surface area contributed by atoms with Crippen LogP contribution in [0.4, 0.5) is 0 Å². The molecule has 0 aromatic heterocycles. The minimum atomic E-state index is -0.977. The van der Waals surface area contributed by atoms with Crippen LogP contribution in [0, 0.1) is 0 Å². The normalized spacial score (nSPS) is 29.9. The number of carbonyl (C=O) groups is 2. The van der Waals surface area contributed by atoms with Gasteiger partial charge in [0.25, 0.3) is 0 Å². The van der Waals surface area contributed by atoms with Crippen molar-refractivity contribution >= 4 is 11.9 Å². The lowest BCUT2D eigenvalue weighted by molar-refractivity contribution is -0.159. The largest absolute Gasteiger partial charge is 0.463 e. The van der Waals surface area contributed by atoms with E-state index < -0.39 is 30.4 Å². The molecule has 0 aliphatic carbocycles. The molecule has 0 bridgehead atoms. The Hall–Kier alpha value is -1.14. The van der Waals surface area contributed by atoms with Gasteiger partial charge in [0.1, 0.15) is 18.8 Å². The Morgan fingerprint density at radius 2 is 2.07 bits per heavy atom. The van der Waals surface area contributed by atoms with Crippen LogP contribution in [0.3, 0.4) is 0 Å². The van der Waals surface area contributed by atoms with Gasteiger partial charge in [-0.25, -0.2) is 0 Å². The molecule has 15 heavy (non-hydrogen) atoms. The van der Waals surface area contributed by atoms with Gasteiger partial charge < -0.3 is 19.3 Å². The Morgan fingerprint density at radius 3 is 2.60 bits per heavy atom. The highest BCUT2D eigenvalue weighted by Gasteiger charge is 2.37. The maximum absolute atomic E-state index is 10.7. The number of aliphatic hydroxyl groups is 1. The van der Waals surface area contributed by atoms with Crippen molar-refractivity contribution in [2.45, 2.75) is 38.8 Å². The van der Waals surface area contributed by atoms with Crippen LogP contribution in [0.2, 0.25) is 0 Å². The predicted molar refractivity (Wildman–Crippen MR) is 47.7 cm³/mol. The van der Waals surface area contributed by atoms with Gasteiger partial charge >= 0.3 is 11.9 Å². The van der Waals surface area contributed by atoms with E-state index in [-0.39, 0.29) is 13.0 Å². The van der Waals surface area contributed by atoms with Crippen LogP contribution in [-0.2, 0) is 23.8 Å². The summed E-state index contributed by atoms with van der Waals surface area (Å²) in [5.41, 5.74) is 0. The molecule has 0 aromatic carbocycles. The van der Waals surface area contributed by atoms with Gasteiger partial charge in [0.15, 0.2) is 6.29 Å². The van der Waals surface area contributed by atoms with Crippen LogP contribution < -0.4 is 0 Å². The molecule has 0 amide bonds. The minimum Gasteiger partial charge on any atom is -0.463 e. The molecular formula is C9H14O6. The summed E-state index contributed by atoms with van der Waals surface area (Å²) >= 11 is 0. The van der Waals surface area contributed by atoms with Gasteiger partial charge in [-0.2, -0.15) is 0 Å². The number of hydrogen-bond acceptors (Lipinski definition) is 6. The molecule has 1 fully saturated rings. The highest BCUT2D eigenvalue weighted by Crippen LogP contribution is 2.22. The van der Waals surface area contributed by atoms with E-state index in [0.717, 1.165) is 0 Å². The lowest BCUT2D eigenvalue weighted by Crippen LogP contribution is -2.31. The molecule has 0 spiro atoms. The summed E-state index contributed by atoms with van der Waals surface area (Å²) in [6.07, 6.45) is -1.93. The third-order valence-electron chi connectivity index (χ3n) is 1.95. The Morgan fingerprint density at radius 1 is 1.40 bits per heavy atom. The van der Waals surface area contributed by atoms with Gasteiger partial charge in [-0.3, -0.25) is 9.59 Å². The fraction of sp³-hybridized carbons (Fsp3) is 0.778. The van der Waals surface area contributed by atoms with Crippen LogP contribution in [0.25, 0.3) is 0 Å². The lowest BCUT2D eigenvalue weighted by Gasteiger charge is -2.17. The SMILES string of the molecule is CC(=O)OC[C@@H]1OC(O)C[C@@H]1OC(C)=O. The molecule has 1 aliphatic heterocycles. The first-order chi connectivity index (χ1) is 6.99. The van der Waals surface area contributed by atoms with E-state index in [1.54, 1.807) is 0 Å². The molecule has 1 heterocycles. The summed E-state index contributed by atoms with van der Waals surface area (Å²) in [7, 11) is 0. The zero-order chi connectivity index (χ0) is 11.4. The van der Waals surface area contributed by atoms with Crippen molar-refractivity contribution in [1.29, 1.82) is 0 Å². The second-order valence-corrected chi connectivity index (χ2v) is 3.32. The minimum absolute atomic E-state index is 0.0235. The first kappa shape index (κ1) is 11.9. The van der Waals surface area contributed by atoms with Crippen molar-refractivity contribution < 1.29 is 28.9 Å². The van der Waals surface area contributed by atoms with E-state index in [1.807, 2.05) is 0 Å². The molecule has 3 atom stereocenters. The van der Waals surface area contributed by atoms with E-state index in [0.29, 0.717) is 0 Å². The molecule has 1 aliphatic rings. The van der Waals surface area contributed by atoms with E-state index in [1.165, 1.54) is 13.8 Å². The second-order valence-electron chi connectivity index (χ2n) is 3.32. The molecule has 1 rings (SSSR count). The molecule has 1 saturated heterocycles. The van der Waals surface area contributed by atoms with Crippen molar-refractivity contribution in [3.05, 3.63) is 0 Å². The van der Waals surface area contributed by atoms with Crippen molar-refractivity contribution in [3.63, 3.8) is 0 Å². The molecule has 0 saturated carbocycles. The summed E-state index contributed by atoms with van der Waals surface area (Å²) < 4.78 is 14.7. The number of ether oxygens (including phenoxy) is 3. The average molecular weight is 218 g/mol. The summed E-state index contributed by atoms with van der Waals surface area (Å²) in [6.45, 7) is 2.52. The number of carbonyl (C=O) groups excluding carboxylic acids is 2. The third-order valence-corrected chi connectivity index (χ3v) is 1.95. The molecular weight excluding hydrogens is 204 g/mol. The van der Waals surface area contributed by atoms with Gasteiger partial charge in [0, 0.05) is 20.3 Å². The number of esters is 2. The third kappa shape index (κ3) is 3.85. The van der Waals surface area contributed by atoms with Crippen LogP contribution in [0.15, 0.2) is 0 Å². The van der Waals surface area contributed by atoms with Crippen molar-refractivity contribution in [2.24, 2.45) is 0 Å². The van der Waals surface area contributed by atoms with Gasteiger partial charge in [-0.15, -0.1) is 0 Å². The van der Waals surface area contributed by atoms with E-state index in [2.05, 4.69) is 0 Å². The standard InChI is InChI=1S/C9H14O6/c1-5(10)13-4-8-7(14-6(2)11)3-9(12)15-8/h7-9,12H,3-4H2,1-2H3/t7-,8-,9?/m0/s1. The second kappa shape index (κ2) is 5.09. The van der Waals surface area contributed by atoms with Crippen LogP contribution in [0.5, 0.6) is 0 Å². The zero-order valence-electron chi connectivity index (χ0n) is 8.63. The average Bonchev–Trinajstić information content (AvgIpc) is 2.41. The van der Waals surface area contributed by atoms with Crippen molar-refractivity contribution in [1.82, 2.24) is 0 Å². The fourth-order valence-electron chi connectivity index (χ4n) is 1.38. The Balaban J connectivity index is 2.45. The topological polar surface area (TPSA) is 82.1 Å². The molecule has 6 nitrogen and oxygen atoms in total. The van der Waals surface area contributed by atoms with Crippen LogP contribution in [-0.4, -0.2) is 42.1 Å². The van der Waals surface area contributed by atoms with Crippen molar-refractivity contribution in [3.8, 4) is 0 Å². The highest BCUT2D eigenvalue weighted by molar-refractivity contribution is 5.66. The van der Waals surface area contributed by atoms with Gasteiger partial charge in [0.2, 0.25) is 0 Å². The summed E-state index contributed by atoms with van der Waals surface area (Å²) in [5, 5.41) is 9.19. The van der Waals surface area contributed by atoms with Crippen LogP contribution >= 0.6 is 0 Å². The zero-order valence-corrected chi connectivity index (χ0v) is 8.63. The van der Waals surface area contributed by atoms with E-state index in [9.17, 15) is 14.7 Å². The quantitative estimate of drug-likeness (QED) is 0.648. The van der Waals surface area contributed by atoms with Gasteiger partial charge in [-0.05, 0) is 0 Å². The first-order valence-electron chi connectivity index (χ1n) is 4.63. The molecule has 1 unspecified atom stereocenters. The summed E-state index contributed by atoms with van der Waals surface area (Å²) in [6, 6.07) is 0. The van der Waals surface area contributed by atoms with Crippen molar-refractivity contribution in [2.75, 3.05) is 6.61 Å². The fourth-order valence-corrected chi connectivity index (χ4v) is 1.38. The Labute approximate surface area is 87.1 Å². The van der Waals surface area contributed by atoms with Gasteiger partial charge in [0.05, 0.1) is 0 Å². The first-order valence-corrected chi connectivity index (χ1v) is 4.63.